The van der Waals surface area contributed by atoms with Crippen LogP contribution in [-0.4, -0.2) is 0 Å². The second kappa shape index (κ2) is 4.02. The van der Waals surface area contributed by atoms with Crippen molar-refractivity contribution >= 4 is 45.2 Å². The summed E-state index contributed by atoms with van der Waals surface area (Å²) in [5, 5.41) is 0. The highest BCUT2D eigenvalue weighted by atomic mass is 127. The lowest BCUT2D eigenvalue weighted by atomic mass is 10.2. The fourth-order valence-corrected chi connectivity index (χ4v) is 2.20. The number of hydrogen-bond acceptors (Lipinski definition) is 0. The molecule has 0 fully saturated rings. The van der Waals surface area contributed by atoms with Crippen molar-refractivity contribution < 1.29 is 4.39 Å². The Morgan fingerprint density at radius 1 is 1.27 bits per heavy atom. The van der Waals surface area contributed by atoms with E-state index in [0.717, 1.165) is 15.6 Å². The van der Waals surface area contributed by atoms with E-state index in [0.29, 0.717) is 3.57 Å². The van der Waals surface area contributed by atoms with Gasteiger partial charge in [-0.1, -0.05) is 6.92 Å². The zero-order valence-corrected chi connectivity index (χ0v) is 10.3. The highest BCUT2D eigenvalue weighted by Crippen LogP contribution is 2.21. The molecule has 1 aromatic rings. The first-order valence-electron chi connectivity index (χ1n) is 3.29. The SMILES string of the molecule is CCc1c(I)ccc(I)c1F. The van der Waals surface area contributed by atoms with Crippen LogP contribution in [0, 0.1) is 13.0 Å². The summed E-state index contributed by atoms with van der Waals surface area (Å²) in [7, 11) is 0. The van der Waals surface area contributed by atoms with Crippen LogP contribution >= 0.6 is 45.2 Å². The van der Waals surface area contributed by atoms with Crippen LogP contribution in [0.25, 0.3) is 0 Å². The van der Waals surface area contributed by atoms with Gasteiger partial charge in [0.05, 0.1) is 0 Å². The first kappa shape index (κ1) is 9.70. The molecule has 0 amide bonds. The van der Waals surface area contributed by atoms with Crippen molar-refractivity contribution in [3.63, 3.8) is 0 Å². The quantitative estimate of drug-likeness (QED) is 0.519. The van der Waals surface area contributed by atoms with E-state index in [9.17, 15) is 4.39 Å². The summed E-state index contributed by atoms with van der Waals surface area (Å²) in [6.07, 6.45) is 0.765. The zero-order valence-electron chi connectivity index (χ0n) is 6.00. The van der Waals surface area contributed by atoms with Gasteiger partial charge >= 0.3 is 0 Å². The molecule has 0 aliphatic rings. The van der Waals surface area contributed by atoms with Crippen molar-refractivity contribution in [3.05, 3.63) is 30.7 Å². The molecule has 0 N–H and O–H groups in total. The van der Waals surface area contributed by atoms with Crippen molar-refractivity contribution in [2.24, 2.45) is 0 Å². The lowest BCUT2D eigenvalue weighted by Crippen LogP contribution is -1.94. The van der Waals surface area contributed by atoms with Crippen LogP contribution in [0.3, 0.4) is 0 Å². The molecule has 0 heterocycles. The molecule has 3 heteroatoms. The molecule has 1 rings (SSSR count). The van der Waals surface area contributed by atoms with Crippen molar-refractivity contribution in [2.45, 2.75) is 13.3 Å². The van der Waals surface area contributed by atoms with E-state index in [1.165, 1.54) is 0 Å². The molecule has 0 aliphatic carbocycles. The summed E-state index contributed by atoms with van der Waals surface area (Å²) in [5.74, 6) is -0.0556. The molecule has 0 nitrogen and oxygen atoms in total. The van der Waals surface area contributed by atoms with Gasteiger partial charge in [-0.15, -0.1) is 0 Å². The minimum absolute atomic E-state index is 0.0556. The highest BCUT2D eigenvalue weighted by molar-refractivity contribution is 14.1. The summed E-state index contributed by atoms with van der Waals surface area (Å²) in [4.78, 5) is 0. The molecule has 0 atom stereocenters. The maximum Gasteiger partial charge on any atom is 0.140 e. The predicted molar refractivity (Wildman–Crippen MR) is 61.2 cm³/mol. The Morgan fingerprint density at radius 3 is 2.27 bits per heavy atom. The number of rotatable bonds is 1. The first-order valence-corrected chi connectivity index (χ1v) is 5.45. The Balaban J connectivity index is 3.29. The molecular weight excluding hydrogens is 369 g/mol. The Bertz CT molecular complexity index is 271. The average Bonchev–Trinajstić information content (AvgIpc) is 1.99. The summed E-state index contributed by atoms with van der Waals surface area (Å²) in [5.41, 5.74) is 0.831. The van der Waals surface area contributed by atoms with Gasteiger partial charge in [-0.2, -0.15) is 0 Å². The van der Waals surface area contributed by atoms with E-state index < -0.39 is 0 Å². The van der Waals surface area contributed by atoms with Crippen LogP contribution in [0.5, 0.6) is 0 Å². The third-order valence-electron chi connectivity index (χ3n) is 1.49. The molecule has 0 unspecified atom stereocenters. The topological polar surface area (TPSA) is 0 Å². The molecular formula is C8H7FI2. The standard InChI is InChI=1S/C8H7FI2/c1-2-5-6(10)3-4-7(11)8(5)9/h3-4H,2H2,1H3. The number of hydrogen-bond donors (Lipinski definition) is 0. The minimum Gasteiger partial charge on any atom is -0.205 e. The normalized spacial score (nSPS) is 10.2. The third-order valence-corrected chi connectivity index (χ3v) is 3.34. The van der Waals surface area contributed by atoms with E-state index in [1.807, 2.05) is 35.6 Å². The fourth-order valence-electron chi connectivity index (χ4n) is 0.893. The lowest BCUT2D eigenvalue weighted by Gasteiger charge is -2.03. The van der Waals surface area contributed by atoms with E-state index >= 15 is 0 Å². The molecule has 0 bridgehead atoms. The molecule has 11 heavy (non-hydrogen) atoms. The Kier molecular flexibility index (Phi) is 3.54. The number of benzene rings is 1. The highest BCUT2D eigenvalue weighted by Gasteiger charge is 2.07. The van der Waals surface area contributed by atoms with Crippen LogP contribution in [0.4, 0.5) is 4.39 Å². The van der Waals surface area contributed by atoms with Crippen LogP contribution in [0.15, 0.2) is 12.1 Å². The Labute approximate surface area is 92.9 Å². The molecule has 0 spiro atoms. The van der Waals surface area contributed by atoms with Crippen LogP contribution in [0.1, 0.15) is 12.5 Å². The van der Waals surface area contributed by atoms with Gasteiger partial charge in [-0.05, 0) is 63.7 Å². The summed E-state index contributed by atoms with van der Waals surface area (Å²) in [6.45, 7) is 1.97. The van der Waals surface area contributed by atoms with E-state index in [1.54, 1.807) is 6.07 Å². The third kappa shape index (κ3) is 2.05. The monoisotopic (exact) mass is 376 g/mol. The second-order valence-corrected chi connectivity index (χ2v) is 4.50. The van der Waals surface area contributed by atoms with Gasteiger partial charge in [-0.3, -0.25) is 0 Å². The Hall–Kier alpha value is 0.610. The lowest BCUT2D eigenvalue weighted by molar-refractivity contribution is 0.603. The summed E-state index contributed by atoms with van der Waals surface area (Å²) >= 11 is 4.17. The number of halogens is 3. The van der Waals surface area contributed by atoms with Gasteiger partial charge in [0.25, 0.3) is 0 Å². The van der Waals surface area contributed by atoms with E-state index in [2.05, 4.69) is 22.6 Å². The summed E-state index contributed by atoms with van der Waals surface area (Å²) < 4.78 is 15.0. The van der Waals surface area contributed by atoms with Crippen molar-refractivity contribution in [1.82, 2.24) is 0 Å². The zero-order chi connectivity index (χ0) is 8.43. The molecule has 60 valence electrons. The second-order valence-electron chi connectivity index (χ2n) is 2.18. The van der Waals surface area contributed by atoms with Crippen LogP contribution < -0.4 is 0 Å². The molecule has 0 saturated heterocycles. The average molecular weight is 376 g/mol. The van der Waals surface area contributed by atoms with Crippen molar-refractivity contribution in [2.75, 3.05) is 0 Å². The van der Waals surface area contributed by atoms with Gasteiger partial charge in [0, 0.05) is 12.7 Å². The van der Waals surface area contributed by atoms with Crippen molar-refractivity contribution in [3.8, 4) is 0 Å². The van der Waals surface area contributed by atoms with Crippen molar-refractivity contribution in [1.29, 1.82) is 0 Å². The van der Waals surface area contributed by atoms with Gasteiger partial charge in [0.15, 0.2) is 0 Å². The van der Waals surface area contributed by atoms with Gasteiger partial charge in [0.2, 0.25) is 0 Å². The van der Waals surface area contributed by atoms with Gasteiger partial charge in [-0.25, -0.2) is 4.39 Å². The Morgan fingerprint density at radius 2 is 1.82 bits per heavy atom. The smallest absolute Gasteiger partial charge is 0.140 e. The molecule has 1 aromatic carbocycles. The maximum atomic E-state index is 13.3. The van der Waals surface area contributed by atoms with E-state index in [-0.39, 0.29) is 5.82 Å². The molecule has 0 aromatic heterocycles. The summed E-state index contributed by atoms with van der Waals surface area (Å²) in [6, 6.07) is 3.75. The molecule has 0 radical (unpaired) electrons. The van der Waals surface area contributed by atoms with Gasteiger partial charge in [0.1, 0.15) is 5.82 Å². The fraction of sp³-hybridized carbons (Fsp3) is 0.250. The molecule has 0 aliphatic heterocycles. The largest absolute Gasteiger partial charge is 0.205 e. The van der Waals surface area contributed by atoms with Crippen LogP contribution in [-0.2, 0) is 6.42 Å². The minimum atomic E-state index is -0.0556. The first-order chi connectivity index (χ1) is 5.16. The van der Waals surface area contributed by atoms with Crippen LogP contribution in [0.2, 0.25) is 0 Å². The predicted octanol–water partition coefficient (Wildman–Crippen LogP) is 3.60. The maximum absolute atomic E-state index is 13.3. The molecule has 0 saturated carbocycles. The van der Waals surface area contributed by atoms with Gasteiger partial charge < -0.3 is 0 Å². The van der Waals surface area contributed by atoms with E-state index in [4.69, 9.17) is 0 Å².